The van der Waals surface area contributed by atoms with Crippen molar-refractivity contribution >= 4 is 0 Å². The Morgan fingerprint density at radius 2 is 1.62 bits per heavy atom. The molecule has 21 heavy (non-hydrogen) atoms. The van der Waals surface area contributed by atoms with Crippen molar-refractivity contribution < 1.29 is 23.1 Å². The van der Waals surface area contributed by atoms with E-state index >= 15 is 0 Å². The van der Waals surface area contributed by atoms with Crippen LogP contribution >= 0.6 is 0 Å². The van der Waals surface area contributed by atoms with Crippen molar-refractivity contribution in [2.45, 2.75) is 56.5 Å². The Morgan fingerprint density at radius 1 is 1.05 bits per heavy atom. The molecule has 3 rings (SSSR count). The molecule has 2 saturated heterocycles. The van der Waals surface area contributed by atoms with E-state index in [9.17, 15) is 18.4 Å². The molecule has 2 fully saturated rings. The molecule has 1 N–H and O–H groups in total. The molecule has 0 amide bonds. The summed E-state index contributed by atoms with van der Waals surface area (Å²) < 4.78 is 43.3. The van der Waals surface area contributed by atoms with Gasteiger partial charge in [-0.25, -0.2) is 0 Å². The molecule has 0 radical (unpaired) electrons. The summed E-state index contributed by atoms with van der Waals surface area (Å²) in [5.41, 5.74) is -0.670. The fraction of sp³-hybridized carbons (Fsp3) is 0.600. The van der Waals surface area contributed by atoms with E-state index in [4.69, 9.17) is 4.74 Å². The lowest BCUT2D eigenvalue weighted by Gasteiger charge is -2.44. The standard InChI is InChI=1S/C15H18F3NO2/c16-15(17,18)10-4-6-13(7-5-10)21-14-8-11-2-1-3-12(9-14)19(11)20/h4-7,11-12,14,20H,1-3,8-9H2/t11-,12+,14?. The summed E-state index contributed by atoms with van der Waals surface area (Å²) in [5, 5.41) is 11.4. The summed E-state index contributed by atoms with van der Waals surface area (Å²) in [6.45, 7) is 0. The number of hydroxylamine groups is 2. The Morgan fingerprint density at radius 3 is 2.14 bits per heavy atom. The van der Waals surface area contributed by atoms with Crippen molar-refractivity contribution in [1.29, 1.82) is 0 Å². The van der Waals surface area contributed by atoms with Crippen molar-refractivity contribution in [2.75, 3.05) is 0 Å². The van der Waals surface area contributed by atoms with Crippen LogP contribution < -0.4 is 4.74 Å². The first kappa shape index (κ1) is 14.7. The van der Waals surface area contributed by atoms with Crippen LogP contribution in [0, 0.1) is 0 Å². The van der Waals surface area contributed by atoms with E-state index in [1.165, 1.54) is 17.2 Å². The van der Waals surface area contributed by atoms with Crippen molar-refractivity contribution in [3.8, 4) is 5.75 Å². The Hall–Kier alpha value is -1.27. The number of hydrogen-bond donors (Lipinski definition) is 1. The fourth-order valence-corrected chi connectivity index (χ4v) is 3.32. The smallest absolute Gasteiger partial charge is 0.416 e. The Balaban J connectivity index is 1.64. The van der Waals surface area contributed by atoms with Gasteiger partial charge in [-0.3, -0.25) is 0 Å². The minimum absolute atomic E-state index is 0.0413. The number of benzene rings is 1. The quantitative estimate of drug-likeness (QED) is 0.900. The number of alkyl halides is 3. The van der Waals surface area contributed by atoms with Crippen LogP contribution in [0.5, 0.6) is 5.75 Å². The molecule has 1 unspecified atom stereocenters. The van der Waals surface area contributed by atoms with E-state index in [2.05, 4.69) is 0 Å². The van der Waals surface area contributed by atoms with Gasteiger partial charge < -0.3 is 9.94 Å². The lowest BCUT2D eigenvalue weighted by molar-refractivity contribution is -0.207. The Kier molecular flexibility index (Phi) is 3.84. The molecule has 116 valence electrons. The normalized spacial score (nSPS) is 30.2. The molecule has 0 saturated carbocycles. The lowest BCUT2D eigenvalue weighted by Crippen LogP contribution is -2.52. The first-order chi connectivity index (χ1) is 9.93. The monoisotopic (exact) mass is 301 g/mol. The van der Waals surface area contributed by atoms with Crippen LogP contribution in [0.4, 0.5) is 13.2 Å². The third-order valence-electron chi connectivity index (χ3n) is 4.38. The minimum atomic E-state index is -4.32. The van der Waals surface area contributed by atoms with Crippen molar-refractivity contribution in [3.63, 3.8) is 0 Å². The molecule has 1 aromatic rings. The highest BCUT2D eigenvalue weighted by Gasteiger charge is 2.38. The van der Waals surface area contributed by atoms with Crippen LogP contribution in [-0.2, 0) is 6.18 Å². The number of hydrogen-bond acceptors (Lipinski definition) is 3. The summed E-state index contributed by atoms with van der Waals surface area (Å²) in [6, 6.07) is 5.02. The van der Waals surface area contributed by atoms with Gasteiger partial charge in [0, 0.05) is 24.9 Å². The molecule has 2 heterocycles. The topological polar surface area (TPSA) is 32.7 Å². The Bertz CT molecular complexity index is 475. The van der Waals surface area contributed by atoms with Gasteiger partial charge in [-0.15, -0.1) is 0 Å². The van der Waals surface area contributed by atoms with Gasteiger partial charge in [0.1, 0.15) is 11.9 Å². The number of piperidine rings is 2. The highest BCUT2D eigenvalue weighted by molar-refractivity contribution is 5.29. The van der Waals surface area contributed by atoms with E-state index < -0.39 is 11.7 Å². The molecule has 0 spiro atoms. The van der Waals surface area contributed by atoms with Gasteiger partial charge in [0.15, 0.2) is 0 Å². The van der Waals surface area contributed by atoms with Crippen molar-refractivity contribution in [1.82, 2.24) is 5.06 Å². The van der Waals surface area contributed by atoms with E-state index in [-0.39, 0.29) is 18.2 Å². The van der Waals surface area contributed by atoms with Gasteiger partial charge in [-0.2, -0.15) is 18.2 Å². The molecule has 2 aliphatic heterocycles. The zero-order valence-corrected chi connectivity index (χ0v) is 11.5. The van der Waals surface area contributed by atoms with Crippen LogP contribution in [0.3, 0.4) is 0 Å². The summed E-state index contributed by atoms with van der Waals surface area (Å²) in [7, 11) is 0. The summed E-state index contributed by atoms with van der Waals surface area (Å²) >= 11 is 0. The van der Waals surface area contributed by atoms with Gasteiger partial charge in [-0.1, -0.05) is 6.42 Å². The van der Waals surface area contributed by atoms with Crippen LogP contribution in [0.25, 0.3) is 0 Å². The van der Waals surface area contributed by atoms with E-state index in [0.29, 0.717) is 18.6 Å². The van der Waals surface area contributed by atoms with Crippen LogP contribution in [-0.4, -0.2) is 28.5 Å². The van der Waals surface area contributed by atoms with Crippen LogP contribution in [0.15, 0.2) is 24.3 Å². The molecule has 3 nitrogen and oxygen atoms in total. The second-order valence-corrected chi connectivity index (χ2v) is 5.85. The molecule has 0 aliphatic carbocycles. The maximum Gasteiger partial charge on any atom is 0.416 e. The van der Waals surface area contributed by atoms with Crippen molar-refractivity contribution in [2.24, 2.45) is 0 Å². The maximum absolute atomic E-state index is 12.5. The number of halogens is 3. The highest BCUT2D eigenvalue weighted by Crippen LogP contribution is 2.35. The second kappa shape index (κ2) is 5.50. The molecule has 6 heteroatoms. The van der Waals surface area contributed by atoms with E-state index in [1.807, 2.05) is 0 Å². The molecular weight excluding hydrogens is 283 g/mol. The van der Waals surface area contributed by atoms with E-state index in [0.717, 1.165) is 31.4 Å². The molecule has 0 aromatic heterocycles. The van der Waals surface area contributed by atoms with E-state index in [1.54, 1.807) is 0 Å². The maximum atomic E-state index is 12.5. The molecular formula is C15H18F3NO2. The Labute approximate surface area is 121 Å². The van der Waals surface area contributed by atoms with Gasteiger partial charge in [0.25, 0.3) is 0 Å². The molecule has 3 atom stereocenters. The van der Waals surface area contributed by atoms with Crippen LogP contribution in [0.2, 0.25) is 0 Å². The summed E-state index contributed by atoms with van der Waals surface area (Å²) in [5.74, 6) is 0.456. The first-order valence-corrected chi connectivity index (χ1v) is 7.24. The fourth-order valence-electron chi connectivity index (χ4n) is 3.32. The second-order valence-electron chi connectivity index (χ2n) is 5.85. The zero-order valence-electron chi connectivity index (χ0n) is 11.5. The number of rotatable bonds is 2. The molecule has 1 aromatic carbocycles. The molecule has 2 bridgehead atoms. The highest BCUT2D eigenvalue weighted by atomic mass is 19.4. The SMILES string of the molecule is ON1[C@@H]2CCC[C@H]1CC(Oc1ccc(C(F)(F)F)cc1)C2. The predicted octanol–water partition coefficient (Wildman–Crippen LogP) is 3.86. The average molecular weight is 301 g/mol. The average Bonchev–Trinajstić information content (AvgIpc) is 2.39. The van der Waals surface area contributed by atoms with Gasteiger partial charge >= 0.3 is 6.18 Å². The van der Waals surface area contributed by atoms with Crippen LogP contribution in [0.1, 0.15) is 37.7 Å². The summed E-state index contributed by atoms with van der Waals surface area (Å²) in [4.78, 5) is 0. The van der Waals surface area contributed by atoms with Gasteiger partial charge in [0.2, 0.25) is 0 Å². The number of ether oxygens (including phenoxy) is 1. The summed E-state index contributed by atoms with van der Waals surface area (Å²) in [6.07, 6.45) is 0.0688. The predicted molar refractivity (Wildman–Crippen MR) is 70.1 cm³/mol. The largest absolute Gasteiger partial charge is 0.490 e. The van der Waals surface area contributed by atoms with Gasteiger partial charge in [0.05, 0.1) is 5.56 Å². The molecule has 2 aliphatic rings. The van der Waals surface area contributed by atoms with Gasteiger partial charge in [-0.05, 0) is 37.1 Å². The number of fused-ring (bicyclic) bond motifs is 2. The minimum Gasteiger partial charge on any atom is -0.490 e. The van der Waals surface area contributed by atoms with Crippen molar-refractivity contribution in [3.05, 3.63) is 29.8 Å². The zero-order chi connectivity index (χ0) is 15.0. The lowest BCUT2D eigenvalue weighted by atomic mass is 9.85. The number of nitrogens with zero attached hydrogens (tertiary/aromatic N) is 1. The third-order valence-corrected chi connectivity index (χ3v) is 4.38. The first-order valence-electron chi connectivity index (χ1n) is 7.24. The third kappa shape index (κ3) is 3.16.